The fourth-order valence-corrected chi connectivity index (χ4v) is 4.25. The molecule has 0 atom stereocenters. The van der Waals surface area contributed by atoms with Crippen molar-refractivity contribution in [3.05, 3.63) is 84.4 Å². The number of amides is 1. The number of rotatable bonds is 10. The number of hydrogen-bond donors (Lipinski definition) is 2. The number of methoxy groups -OCH3 is 2. The number of ether oxygens (including phenoxy) is 2. The molecule has 1 heterocycles. The van der Waals surface area contributed by atoms with Gasteiger partial charge in [0, 0.05) is 23.4 Å². The second-order valence-corrected chi connectivity index (χ2v) is 8.67. The van der Waals surface area contributed by atoms with Gasteiger partial charge in [-0.15, -0.1) is 0 Å². The Morgan fingerprint density at radius 2 is 1.50 bits per heavy atom. The molecule has 4 rings (SSSR count). The fraction of sp³-hybridized carbons (Fsp3) is 0.185. The predicted molar refractivity (Wildman–Crippen MR) is 136 cm³/mol. The number of aromatic amines is 1. The molecule has 1 aromatic heterocycles. The third-order valence-electron chi connectivity index (χ3n) is 5.29. The minimum atomic E-state index is 0.0177. The second kappa shape index (κ2) is 11.4. The van der Waals surface area contributed by atoms with Crippen molar-refractivity contribution >= 4 is 17.7 Å². The highest BCUT2D eigenvalue weighted by Gasteiger charge is 2.15. The number of nitrogens with zero attached hydrogens (tertiary/aromatic N) is 1. The first-order valence-electron chi connectivity index (χ1n) is 11.0. The van der Waals surface area contributed by atoms with E-state index in [1.54, 1.807) is 26.0 Å². The minimum Gasteiger partial charge on any atom is -0.497 e. The lowest BCUT2D eigenvalue weighted by Crippen LogP contribution is -2.27. The van der Waals surface area contributed by atoms with Gasteiger partial charge in [0.05, 0.1) is 32.0 Å². The summed E-state index contributed by atoms with van der Waals surface area (Å²) < 4.78 is 10.6. The molecule has 4 aromatic rings. The largest absolute Gasteiger partial charge is 0.497 e. The van der Waals surface area contributed by atoms with Gasteiger partial charge in [0.25, 0.3) is 0 Å². The number of carbonyl (C=O) groups excluding carboxylic acids is 1. The molecule has 0 aliphatic carbocycles. The standard InChI is InChI=1S/C27H27N3O3S/c1-32-22-12-8-20(9-13-22)25-26(21-10-14-23(33-2)15-11-21)30-27(29-25)34-17-16-28-24(31)18-19-6-4-3-5-7-19/h3-15H,16-18H2,1-2H3,(H,28,31)(H,29,30). The van der Waals surface area contributed by atoms with Crippen molar-refractivity contribution in [2.45, 2.75) is 11.6 Å². The molecule has 2 N–H and O–H groups in total. The first-order valence-corrected chi connectivity index (χ1v) is 12.0. The van der Waals surface area contributed by atoms with Crippen molar-refractivity contribution in [2.75, 3.05) is 26.5 Å². The summed E-state index contributed by atoms with van der Waals surface area (Å²) in [6.07, 6.45) is 0.384. The Hall–Kier alpha value is -3.71. The van der Waals surface area contributed by atoms with E-state index in [2.05, 4.69) is 10.3 Å². The Morgan fingerprint density at radius 3 is 2.12 bits per heavy atom. The molecule has 0 bridgehead atoms. The number of H-pyrrole nitrogens is 1. The maximum absolute atomic E-state index is 12.2. The molecule has 0 aliphatic heterocycles. The summed E-state index contributed by atoms with van der Waals surface area (Å²) in [6.45, 7) is 0.562. The summed E-state index contributed by atoms with van der Waals surface area (Å²) in [5.74, 6) is 2.32. The van der Waals surface area contributed by atoms with Gasteiger partial charge in [0.1, 0.15) is 11.5 Å². The first kappa shape index (κ1) is 23.4. The van der Waals surface area contributed by atoms with E-state index in [4.69, 9.17) is 14.5 Å². The van der Waals surface area contributed by atoms with Gasteiger partial charge in [0.15, 0.2) is 5.16 Å². The molecule has 0 fully saturated rings. The van der Waals surface area contributed by atoms with Crippen LogP contribution in [0.5, 0.6) is 11.5 Å². The number of aromatic nitrogens is 2. The number of carbonyl (C=O) groups is 1. The number of imidazole rings is 1. The molecule has 6 nitrogen and oxygen atoms in total. The van der Waals surface area contributed by atoms with Crippen LogP contribution in [0.15, 0.2) is 84.0 Å². The molecule has 0 spiro atoms. The van der Waals surface area contributed by atoms with Crippen molar-refractivity contribution < 1.29 is 14.3 Å². The van der Waals surface area contributed by atoms with Crippen LogP contribution in [0.25, 0.3) is 22.5 Å². The lowest BCUT2D eigenvalue weighted by Gasteiger charge is -2.06. The van der Waals surface area contributed by atoms with E-state index in [-0.39, 0.29) is 5.91 Å². The summed E-state index contributed by atoms with van der Waals surface area (Å²) in [6, 6.07) is 25.5. The molecule has 7 heteroatoms. The quantitative estimate of drug-likeness (QED) is 0.244. The lowest BCUT2D eigenvalue weighted by molar-refractivity contribution is -0.120. The Labute approximate surface area is 203 Å². The average Bonchev–Trinajstić information content (AvgIpc) is 3.31. The smallest absolute Gasteiger partial charge is 0.224 e. The Bertz CT molecular complexity index is 1140. The maximum atomic E-state index is 12.2. The molecule has 0 aliphatic rings. The van der Waals surface area contributed by atoms with Crippen molar-refractivity contribution in [1.82, 2.24) is 15.3 Å². The van der Waals surface area contributed by atoms with E-state index in [0.29, 0.717) is 18.7 Å². The van der Waals surface area contributed by atoms with Crippen LogP contribution < -0.4 is 14.8 Å². The highest BCUT2D eigenvalue weighted by Crippen LogP contribution is 2.34. The molecular formula is C27H27N3O3S. The monoisotopic (exact) mass is 473 g/mol. The molecule has 0 radical (unpaired) electrons. The second-order valence-electron chi connectivity index (χ2n) is 7.58. The van der Waals surface area contributed by atoms with Gasteiger partial charge in [-0.2, -0.15) is 0 Å². The van der Waals surface area contributed by atoms with Crippen LogP contribution in [0.3, 0.4) is 0 Å². The number of hydrogen-bond acceptors (Lipinski definition) is 5. The number of nitrogens with one attached hydrogen (secondary N) is 2. The van der Waals surface area contributed by atoms with Gasteiger partial charge < -0.3 is 19.8 Å². The highest BCUT2D eigenvalue weighted by molar-refractivity contribution is 7.99. The predicted octanol–water partition coefficient (Wildman–Crippen LogP) is 5.21. The van der Waals surface area contributed by atoms with Gasteiger partial charge >= 0.3 is 0 Å². The van der Waals surface area contributed by atoms with Crippen molar-refractivity contribution in [1.29, 1.82) is 0 Å². The van der Waals surface area contributed by atoms with Gasteiger partial charge in [0.2, 0.25) is 5.91 Å². The molecule has 3 aromatic carbocycles. The zero-order chi connectivity index (χ0) is 23.8. The summed E-state index contributed by atoms with van der Waals surface area (Å²) in [5.41, 5.74) is 4.81. The normalized spacial score (nSPS) is 10.6. The summed E-state index contributed by atoms with van der Waals surface area (Å²) in [7, 11) is 3.31. The van der Waals surface area contributed by atoms with E-state index < -0.39 is 0 Å². The van der Waals surface area contributed by atoms with Crippen LogP contribution in [0.4, 0.5) is 0 Å². The van der Waals surface area contributed by atoms with Crippen molar-refractivity contribution in [2.24, 2.45) is 0 Å². The molecule has 174 valence electrons. The van der Waals surface area contributed by atoms with Crippen LogP contribution in [-0.2, 0) is 11.2 Å². The minimum absolute atomic E-state index is 0.0177. The summed E-state index contributed by atoms with van der Waals surface area (Å²) in [4.78, 5) is 20.5. The number of benzene rings is 3. The Kier molecular flexibility index (Phi) is 7.88. The molecule has 34 heavy (non-hydrogen) atoms. The van der Waals surface area contributed by atoms with E-state index in [0.717, 1.165) is 44.7 Å². The van der Waals surface area contributed by atoms with E-state index in [1.807, 2.05) is 78.9 Å². The van der Waals surface area contributed by atoms with Crippen molar-refractivity contribution in [3.63, 3.8) is 0 Å². The average molecular weight is 474 g/mol. The van der Waals surface area contributed by atoms with Gasteiger partial charge in [-0.25, -0.2) is 4.98 Å². The third kappa shape index (κ3) is 5.99. The van der Waals surface area contributed by atoms with E-state index in [1.165, 1.54) is 0 Å². The van der Waals surface area contributed by atoms with Crippen LogP contribution >= 0.6 is 11.8 Å². The van der Waals surface area contributed by atoms with Gasteiger partial charge in [-0.05, 0) is 54.1 Å². The van der Waals surface area contributed by atoms with Crippen LogP contribution in [0.2, 0.25) is 0 Å². The SMILES string of the molecule is COc1ccc(-c2nc(SCCNC(=O)Cc3ccccc3)[nH]c2-c2ccc(OC)cc2)cc1. The van der Waals surface area contributed by atoms with Gasteiger partial charge in [-0.3, -0.25) is 4.79 Å². The molecular weight excluding hydrogens is 446 g/mol. The van der Waals surface area contributed by atoms with Crippen LogP contribution in [0, 0.1) is 0 Å². The zero-order valence-corrected chi connectivity index (χ0v) is 20.0. The first-order chi connectivity index (χ1) is 16.7. The third-order valence-corrected chi connectivity index (χ3v) is 6.17. The Balaban J connectivity index is 1.45. The number of thioether (sulfide) groups is 1. The van der Waals surface area contributed by atoms with E-state index in [9.17, 15) is 4.79 Å². The van der Waals surface area contributed by atoms with Crippen molar-refractivity contribution in [3.8, 4) is 34.0 Å². The summed E-state index contributed by atoms with van der Waals surface area (Å²) in [5, 5.41) is 3.78. The fourth-order valence-electron chi connectivity index (χ4n) is 3.53. The molecule has 0 saturated carbocycles. The summed E-state index contributed by atoms with van der Waals surface area (Å²) >= 11 is 1.58. The maximum Gasteiger partial charge on any atom is 0.224 e. The van der Waals surface area contributed by atoms with E-state index >= 15 is 0 Å². The topological polar surface area (TPSA) is 76.2 Å². The molecule has 0 saturated heterocycles. The molecule has 1 amide bonds. The highest BCUT2D eigenvalue weighted by atomic mass is 32.2. The van der Waals surface area contributed by atoms with Crippen LogP contribution in [-0.4, -0.2) is 42.4 Å². The molecule has 0 unspecified atom stereocenters. The van der Waals surface area contributed by atoms with Crippen LogP contribution in [0.1, 0.15) is 5.56 Å². The lowest BCUT2D eigenvalue weighted by atomic mass is 10.0. The van der Waals surface area contributed by atoms with Gasteiger partial charge in [-0.1, -0.05) is 42.1 Å². The Morgan fingerprint density at radius 1 is 0.882 bits per heavy atom. The zero-order valence-electron chi connectivity index (χ0n) is 19.2.